The van der Waals surface area contributed by atoms with Gasteiger partial charge in [0.2, 0.25) is 0 Å². The van der Waals surface area contributed by atoms with Crippen LogP contribution in [-0.4, -0.2) is 20.7 Å². The van der Waals surface area contributed by atoms with Gasteiger partial charge in [-0.05, 0) is 50.2 Å². The lowest BCUT2D eigenvalue weighted by Gasteiger charge is -2.06. The Morgan fingerprint density at radius 2 is 1.81 bits per heavy atom. The summed E-state index contributed by atoms with van der Waals surface area (Å²) in [6.45, 7) is 3.84. The Balaban J connectivity index is 1.78. The molecule has 0 aliphatic rings. The van der Waals surface area contributed by atoms with Crippen molar-refractivity contribution in [3.8, 4) is 5.69 Å². The highest BCUT2D eigenvalue weighted by Crippen LogP contribution is 2.16. The average Bonchev–Trinajstić information content (AvgIpc) is 3.13. The second kappa shape index (κ2) is 5.28. The van der Waals surface area contributed by atoms with Gasteiger partial charge in [0.1, 0.15) is 0 Å². The van der Waals surface area contributed by atoms with E-state index in [1.165, 1.54) is 0 Å². The van der Waals surface area contributed by atoms with E-state index < -0.39 is 0 Å². The zero-order valence-corrected chi connectivity index (χ0v) is 11.9. The first-order valence-corrected chi connectivity index (χ1v) is 6.71. The van der Waals surface area contributed by atoms with Crippen molar-refractivity contribution in [3.05, 3.63) is 65.6 Å². The molecular formula is C16H16N4O. The van der Waals surface area contributed by atoms with Gasteiger partial charge >= 0.3 is 0 Å². The van der Waals surface area contributed by atoms with Gasteiger partial charge in [-0.15, -0.1) is 0 Å². The van der Waals surface area contributed by atoms with Crippen molar-refractivity contribution in [2.75, 3.05) is 5.32 Å². The number of amides is 1. The summed E-state index contributed by atoms with van der Waals surface area (Å²) >= 11 is 0. The van der Waals surface area contributed by atoms with E-state index in [1.807, 2.05) is 55.1 Å². The van der Waals surface area contributed by atoms with Crippen molar-refractivity contribution < 1.29 is 4.79 Å². The van der Waals surface area contributed by atoms with Gasteiger partial charge in [0.05, 0.1) is 0 Å². The molecule has 0 fully saturated rings. The lowest BCUT2D eigenvalue weighted by atomic mass is 10.2. The number of H-pyrrole nitrogens is 1. The van der Waals surface area contributed by atoms with E-state index in [0.717, 1.165) is 16.9 Å². The van der Waals surface area contributed by atoms with Crippen molar-refractivity contribution in [1.82, 2.24) is 14.8 Å². The van der Waals surface area contributed by atoms with Crippen molar-refractivity contribution >= 4 is 11.7 Å². The molecule has 0 spiro atoms. The molecule has 3 aromatic rings. The van der Waals surface area contributed by atoms with Gasteiger partial charge in [0.15, 0.2) is 5.82 Å². The van der Waals surface area contributed by atoms with Crippen LogP contribution in [0.1, 0.15) is 21.6 Å². The van der Waals surface area contributed by atoms with Crippen molar-refractivity contribution in [1.29, 1.82) is 0 Å². The monoisotopic (exact) mass is 280 g/mol. The number of rotatable bonds is 3. The third-order valence-corrected chi connectivity index (χ3v) is 3.52. The molecule has 0 radical (unpaired) electrons. The number of hydrogen-bond donors (Lipinski definition) is 2. The maximum absolute atomic E-state index is 12.2. The number of anilines is 1. The number of nitrogens with zero attached hydrogens (tertiary/aromatic N) is 2. The summed E-state index contributed by atoms with van der Waals surface area (Å²) in [7, 11) is 0. The van der Waals surface area contributed by atoms with E-state index in [9.17, 15) is 4.79 Å². The third-order valence-electron chi connectivity index (χ3n) is 3.52. The molecule has 0 aliphatic carbocycles. The van der Waals surface area contributed by atoms with Crippen molar-refractivity contribution in [2.45, 2.75) is 13.8 Å². The Morgan fingerprint density at radius 1 is 1.14 bits per heavy atom. The minimum absolute atomic E-state index is 0.163. The largest absolute Gasteiger partial charge is 0.324 e. The van der Waals surface area contributed by atoms with E-state index in [4.69, 9.17) is 0 Å². The molecule has 21 heavy (non-hydrogen) atoms. The van der Waals surface area contributed by atoms with Gasteiger partial charge in [0.25, 0.3) is 5.91 Å². The van der Waals surface area contributed by atoms with E-state index in [-0.39, 0.29) is 5.91 Å². The van der Waals surface area contributed by atoms with Crippen LogP contribution in [0.15, 0.2) is 48.8 Å². The van der Waals surface area contributed by atoms with Crippen LogP contribution in [0.25, 0.3) is 5.69 Å². The highest BCUT2D eigenvalue weighted by Gasteiger charge is 2.11. The molecule has 0 atom stereocenters. The van der Waals surface area contributed by atoms with E-state index >= 15 is 0 Å². The first kappa shape index (κ1) is 13.2. The topological polar surface area (TPSA) is 62.7 Å². The van der Waals surface area contributed by atoms with Gasteiger partial charge in [-0.2, -0.15) is 5.10 Å². The van der Waals surface area contributed by atoms with E-state index in [0.29, 0.717) is 11.4 Å². The summed E-state index contributed by atoms with van der Waals surface area (Å²) in [5.74, 6) is 0.413. The van der Waals surface area contributed by atoms with Crippen LogP contribution in [0.4, 0.5) is 5.82 Å². The normalized spacial score (nSPS) is 10.6. The molecule has 0 saturated carbocycles. The molecule has 0 unspecified atom stereocenters. The van der Waals surface area contributed by atoms with E-state index in [2.05, 4.69) is 15.5 Å². The summed E-state index contributed by atoms with van der Waals surface area (Å²) in [5.41, 5.74) is 3.52. The van der Waals surface area contributed by atoms with E-state index in [1.54, 1.807) is 12.1 Å². The standard InChI is InChI=1S/C16H16N4O/c1-11-12(2)18-19-15(11)17-16(21)13-5-7-14(8-6-13)20-9-3-4-10-20/h3-10H,1-2H3,(H2,17,18,19,21). The van der Waals surface area contributed by atoms with Gasteiger partial charge in [-0.25, -0.2) is 0 Å². The van der Waals surface area contributed by atoms with Crippen molar-refractivity contribution in [2.24, 2.45) is 0 Å². The zero-order valence-electron chi connectivity index (χ0n) is 11.9. The van der Waals surface area contributed by atoms with Gasteiger partial charge < -0.3 is 9.88 Å². The molecule has 2 heterocycles. The number of nitrogens with one attached hydrogen (secondary N) is 2. The summed E-state index contributed by atoms with van der Waals surface area (Å²) in [4.78, 5) is 12.2. The number of benzene rings is 1. The fourth-order valence-corrected chi connectivity index (χ4v) is 2.08. The molecule has 5 nitrogen and oxygen atoms in total. The fraction of sp³-hybridized carbons (Fsp3) is 0.125. The number of hydrogen-bond acceptors (Lipinski definition) is 2. The number of aromatic amines is 1. The molecule has 0 aliphatic heterocycles. The summed E-state index contributed by atoms with van der Waals surface area (Å²) in [5, 5.41) is 9.74. The summed E-state index contributed by atoms with van der Waals surface area (Å²) < 4.78 is 1.99. The molecular weight excluding hydrogens is 264 g/mol. The van der Waals surface area contributed by atoms with Crippen LogP contribution < -0.4 is 5.32 Å². The Hall–Kier alpha value is -2.82. The quantitative estimate of drug-likeness (QED) is 0.774. The maximum atomic E-state index is 12.2. The number of carbonyl (C=O) groups is 1. The van der Waals surface area contributed by atoms with Gasteiger partial charge in [0, 0.05) is 34.9 Å². The predicted molar refractivity (Wildman–Crippen MR) is 81.8 cm³/mol. The minimum Gasteiger partial charge on any atom is -0.324 e. The van der Waals surface area contributed by atoms with Crippen LogP contribution in [0.3, 0.4) is 0 Å². The number of aryl methyl sites for hydroxylation is 1. The van der Waals surface area contributed by atoms with Crippen LogP contribution in [0.5, 0.6) is 0 Å². The Morgan fingerprint density at radius 3 is 2.38 bits per heavy atom. The fourth-order valence-electron chi connectivity index (χ4n) is 2.08. The zero-order chi connectivity index (χ0) is 14.8. The predicted octanol–water partition coefficient (Wildman–Crippen LogP) is 3.07. The molecule has 1 amide bonds. The second-order valence-electron chi connectivity index (χ2n) is 4.91. The average molecular weight is 280 g/mol. The Bertz CT molecular complexity index is 754. The van der Waals surface area contributed by atoms with Crippen LogP contribution in [-0.2, 0) is 0 Å². The SMILES string of the molecule is Cc1[nH]nc(NC(=O)c2ccc(-n3cccc3)cc2)c1C. The minimum atomic E-state index is -0.163. The lowest BCUT2D eigenvalue weighted by Crippen LogP contribution is -2.13. The molecule has 3 rings (SSSR count). The first-order chi connectivity index (χ1) is 10.1. The molecule has 0 saturated heterocycles. The Kier molecular flexibility index (Phi) is 3.31. The van der Waals surface area contributed by atoms with Gasteiger partial charge in [-0.3, -0.25) is 9.89 Å². The lowest BCUT2D eigenvalue weighted by molar-refractivity contribution is 0.102. The first-order valence-electron chi connectivity index (χ1n) is 6.71. The van der Waals surface area contributed by atoms with Crippen LogP contribution in [0.2, 0.25) is 0 Å². The smallest absolute Gasteiger partial charge is 0.256 e. The summed E-state index contributed by atoms with van der Waals surface area (Å²) in [6.07, 6.45) is 3.93. The highest BCUT2D eigenvalue weighted by atomic mass is 16.1. The molecule has 1 aromatic carbocycles. The Labute approximate surface area is 122 Å². The molecule has 2 N–H and O–H groups in total. The number of carbonyl (C=O) groups excluding carboxylic acids is 1. The molecule has 0 bridgehead atoms. The number of aromatic nitrogens is 3. The third kappa shape index (κ3) is 2.58. The summed E-state index contributed by atoms with van der Waals surface area (Å²) in [6, 6.07) is 11.4. The van der Waals surface area contributed by atoms with Crippen molar-refractivity contribution in [3.63, 3.8) is 0 Å². The molecule has 2 aromatic heterocycles. The molecule has 106 valence electrons. The maximum Gasteiger partial charge on any atom is 0.256 e. The van der Waals surface area contributed by atoms with Crippen LogP contribution in [0, 0.1) is 13.8 Å². The highest BCUT2D eigenvalue weighted by molar-refractivity contribution is 6.04. The van der Waals surface area contributed by atoms with Gasteiger partial charge in [-0.1, -0.05) is 0 Å². The van der Waals surface area contributed by atoms with Crippen LogP contribution >= 0.6 is 0 Å². The molecule has 5 heteroatoms. The second-order valence-corrected chi connectivity index (χ2v) is 4.91.